The first-order valence-electron chi connectivity index (χ1n) is 5.69. The number of amides is 2. The molecule has 6 nitrogen and oxygen atoms in total. The monoisotopic (exact) mass is 263 g/mol. The molecule has 1 N–H and O–H groups in total. The molecule has 6 heteroatoms. The number of nitrogens with one attached hydrogen (secondary N) is 1. The van der Waals surface area contributed by atoms with Crippen LogP contribution in [0.5, 0.6) is 0 Å². The Hall–Kier alpha value is -2.37. The van der Waals surface area contributed by atoms with E-state index in [9.17, 15) is 14.4 Å². The number of rotatable bonds is 4. The van der Waals surface area contributed by atoms with Crippen molar-refractivity contribution in [1.82, 2.24) is 9.47 Å². The normalized spacial score (nSPS) is 9.84. The standard InChI is InChI=1S/C13H17N3O3/c1-5-12(18)15(3)8-11(17)14-10-6-9(2)13(19)16(4)7-10/h5-7H,1,8H2,2-4H3,(H,14,17). The Balaban J connectivity index is 2.75. The molecule has 19 heavy (non-hydrogen) atoms. The van der Waals surface area contributed by atoms with Crippen molar-refractivity contribution < 1.29 is 9.59 Å². The lowest BCUT2D eigenvalue weighted by molar-refractivity contribution is -0.129. The highest BCUT2D eigenvalue weighted by atomic mass is 16.2. The second kappa shape index (κ2) is 5.99. The summed E-state index contributed by atoms with van der Waals surface area (Å²) in [5.41, 5.74) is 0.942. The lowest BCUT2D eigenvalue weighted by Crippen LogP contribution is -2.34. The molecule has 0 aromatic carbocycles. The zero-order chi connectivity index (χ0) is 14.6. The van der Waals surface area contributed by atoms with Crippen LogP contribution in [0.1, 0.15) is 5.56 Å². The Labute approximate surface area is 111 Å². The zero-order valence-electron chi connectivity index (χ0n) is 11.3. The van der Waals surface area contributed by atoms with Gasteiger partial charge in [-0.1, -0.05) is 6.58 Å². The minimum atomic E-state index is -0.337. The maximum Gasteiger partial charge on any atom is 0.253 e. The summed E-state index contributed by atoms with van der Waals surface area (Å²) in [6.07, 6.45) is 2.67. The number of aryl methyl sites for hydroxylation is 2. The molecule has 0 aliphatic carbocycles. The van der Waals surface area contributed by atoms with Crippen molar-refractivity contribution in [2.45, 2.75) is 6.92 Å². The van der Waals surface area contributed by atoms with Crippen LogP contribution in [0.4, 0.5) is 5.69 Å². The highest BCUT2D eigenvalue weighted by molar-refractivity contribution is 5.96. The summed E-state index contributed by atoms with van der Waals surface area (Å²) in [7, 11) is 3.12. The van der Waals surface area contributed by atoms with Crippen LogP contribution < -0.4 is 10.9 Å². The number of nitrogens with zero attached hydrogens (tertiary/aromatic N) is 2. The molecule has 0 spiro atoms. The average Bonchev–Trinajstić information content (AvgIpc) is 2.34. The molecule has 0 aliphatic rings. The Morgan fingerprint density at radius 3 is 2.68 bits per heavy atom. The first kappa shape index (κ1) is 14.7. The van der Waals surface area contributed by atoms with Crippen molar-refractivity contribution in [3.05, 3.63) is 40.8 Å². The fraction of sp³-hybridized carbons (Fsp3) is 0.308. The predicted molar refractivity (Wildman–Crippen MR) is 72.9 cm³/mol. The van der Waals surface area contributed by atoms with Gasteiger partial charge < -0.3 is 14.8 Å². The maximum atomic E-state index is 11.7. The smallest absolute Gasteiger partial charge is 0.253 e. The minimum Gasteiger partial charge on any atom is -0.333 e. The number of carbonyl (C=O) groups is 2. The third-order valence-electron chi connectivity index (χ3n) is 2.58. The van der Waals surface area contributed by atoms with E-state index in [0.29, 0.717) is 11.3 Å². The van der Waals surface area contributed by atoms with E-state index >= 15 is 0 Å². The number of anilines is 1. The first-order valence-corrected chi connectivity index (χ1v) is 5.69. The van der Waals surface area contributed by atoms with Crippen LogP contribution in [0.25, 0.3) is 0 Å². The largest absolute Gasteiger partial charge is 0.333 e. The summed E-state index contributed by atoms with van der Waals surface area (Å²) in [5.74, 6) is -0.664. The molecule has 0 aliphatic heterocycles. The van der Waals surface area contributed by atoms with E-state index < -0.39 is 0 Å². The number of likely N-dealkylation sites (N-methyl/N-ethyl adjacent to an activating group) is 1. The Bertz CT molecular complexity index is 549. The molecule has 1 heterocycles. The molecular formula is C13H17N3O3. The fourth-order valence-electron chi connectivity index (χ4n) is 1.60. The Morgan fingerprint density at radius 1 is 1.53 bits per heavy atom. The summed E-state index contributed by atoms with van der Waals surface area (Å²) in [6, 6.07) is 1.59. The molecular weight excluding hydrogens is 246 g/mol. The molecule has 0 saturated heterocycles. The van der Waals surface area contributed by atoms with Gasteiger partial charge in [0, 0.05) is 25.9 Å². The van der Waals surface area contributed by atoms with Gasteiger partial charge in [-0.05, 0) is 19.1 Å². The van der Waals surface area contributed by atoms with Gasteiger partial charge in [-0.25, -0.2) is 0 Å². The summed E-state index contributed by atoms with van der Waals surface area (Å²) < 4.78 is 1.39. The Morgan fingerprint density at radius 2 is 2.16 bits per heavy atom. The molecule has 1 aromatic rings. The molecule has 2 amide bonds. The van der Waals surface area contributed by atoms with Crippen LogP contribution in [0.2, 0.25) is 0 Å². The van der Waals surface area contributed by atoms with Gasteiger partial charge in [-0.2, -0.15) is 0 Å². The number of hydrogen-bond acceptors (Lipinski definition) is 3. The number of pyridine rings is 1. The van der Waals surface area contributed by atoms with Crippen LogP contribution in [-0.4, -0.2) is 34.9 Å². The number of carbonyl (C=O) groups excluding carboxylic acids is 2. The number of aromatic nitrogens is 1. The Kier molecular flexibility index (Phi) is 4.63. The molecule has 0 atom stereocenters. The SMILES string of the molecule is C=CC(=O)N(C)CC(=O)Nc1cc(C)c(=O)n(C)c1. The second-order valence-corrected chi connectivity index (χ2v) is 4.27. The fourth-order valence-corrected chi connectivity index (χ4v) is 1.60. The summed E-state index contributed by atoms with van der Waals surface area (Å²) in [4.78, 5) is 35.7. The summed E-state index contributed by atoms with van der Waals surface area (Å²) in [6.45, 7) is 4.94. The average molecular weight is 263 g/mol. The highest BCUT2D eigenvalue weighted by Gasteiger charge is 2.11. The van der Waals surface area contributed by atoms with Crippen molar-refractivity contribution in [2.75, 3.05) is 18.9 Å². The van der Waals surface area contributed by atoms with E-state index in [1.807, 2.05) is 0 Å². The summed E-state index contributed by atoms with van der Waals surface area (Å²) in [5, 5.41) is 2.63. The van der Waals surface area contributed by atoms with Gasteiger partial charge in [0.05, 0.1) is 12.2 Å². The molecule has 0 fully saturated rings. The van der Waals surface area contributed by atoms with Gasteiger partial charge in [0.1, 0.15) is 0 Å². The van der Waals surface area contributed by atoms with Crippen molar-refractivity contribution in [2.24, 2.45) is 7.05 Å². The van der Waals surface area contributed by atoms with Crippen LogP contribution in [0.3, 0.4) is 0 Å². The minimum absolute atomic E-state index is 0.0766. The second-order valence-electron chi connectivity index (χ2n) is 4.27. The molecule has 0 saturated carbocycles. The number of hydrogen-bond donors (Lipinski definition) is 1. The van der Waals surface area contributed by atoms with E-state index in [2.05, 4.69) is 11.9 Å². The lowest BCUT2D eigenvalue weighted by atomic mass is 10.3. The molecule has 102 valence electrons. The van der Waals surface area contributed by atoms with Gasteiger partial charge >= 0.3 is 0 Å². The third-order valence-corrected chi connectivity index (χ3v) is 2.58. The first-order chi connectivity index (χ1) is 8.85. The highest BCUT2D eigenvalue weighted by Crippen LogP contribution is 2.05. The van der Waals surface area contributed by atoms with E-state index in [1.165, 1.54) is 22.7 Å². The zero-order valence-corrected chi connectivity index (χ0v) is 11.3. The van der Waals surface area contributed by atoms with Gasteiger partial charge in [0.15, 0.2) is 0 Å². The predicted octanol–water partition coefficient (Wildman–Crippen LogP) is 0.277. The van der Waals surface area contributed by atoms with E-state index in [0.717, 1.165) is 6.08 Å². The third kappa shape index (κ3) is 3.80. The van der Waals surface area contributed by atoms with E-state index in [4.69, 9.17) is 0 Å². The summed E-state index contributed by atoms with van der Waals surface area (Å²) >= 11 is 0. The van der Waals surface area contributed by atoms with Gasteiger partial charge in [0.2, 0.25) is 11.8 Å². The van der Waals surface area contributed by atoms with Crippen LogP contribution in [-0.2, 0) is 16.6 Å². The van der Waals surface area contributed by atoms with Crippen LogP contribution in [0.15, 0.2) is 29.7 Å². The van der Waals surface area contributed by atoms with Crippen molar-refractivity contribution in [3.63, 3.8) is 0 Å². The van der Waals surface area contributed by atoms with Crippen LogP contribution in [0, 0.1) is 6.92 Å². The molecule has 0 radical (unpaired) electrons. The van der Waals surface area contributed by atoms with Gasteiger partial charge in [0.25, 0.3) is 5.56 Å². The van der Waals surface area contributed by atoms with Gasteiger partial charge in [-0.3, -0.25) is 14.4 Å². The molecule has 1 rings (SSSR count). The van der Waals surface area contributed by atoms with Crippen molar-refractivity contribution in [1.29, 1.82) is 0 Å². The van der Waals surface area contributed by atoms with E-state index in [1.54, 1.807) is 20.0 Å². The van der Waals surface area contributed by atoms with Crippen LogP contribution >= 0.6 is 0 Å². The maximum absolute atomic E-state index is 11.7. The quantitative estimate of drug-likeness (QED) is 0.793. The van der Waals surface area contributed by atoms with E-state index in [-0.39, 0.29) is 23.9 Å². The van der Waals surface area contributed by atoms with Gasteiger partial charge in [-0.15, -0.1) is 0 Å². The molecule has 1 aromatic heterocycles. The molecule has 0 bridgehead atoms. The van der Waals surface area contributed by atoms with Crippen molar-refractivity contribution >= 4 is 17.5 Å². The van der Waals surface area contributed by atoms with Crippen molar-refractivity contribution in [3.8, 4) is 0 Å². The molecule has 0 unspecified atom stereocenters. The topological polar surface area (TPSA) is 71.4 Å². The lowest BCUT2D eigenvalue weighted by Gasteiger charge is -2.15.